The third-order valence-electron chi connectivity index (χ3n) is 3.39. The summed E-state index contributed by atoms with van der Waals surface area (Å²) in [4.78, 5) is 11.3. The van der Waals surface area contributed by atoms with Crippen molar-refractivity contribution in [2.45, 2.75) is 19.4 Å². The summed E-state index contributed by atoms with van der Waals surface area (Å²) in [5, 5.41) is 2.86. The van der Waals surface area contributed by atoms with E-state index in [4.69, 9.17) is 10.5 Å². The van der Waals surface area contributed by atoms with Gasteiger partial charge in [0.2, 0.25) is 5.91 Å². The van der Waals surface area contributed by atoms with Crippen molar-refractivity contribution in [1.82, 2.24) is 0 Å². The lowest BCUT2D eigenvalue weighted by atomic mass is 10.0. The molecule has 1 aliphatic rings. The Labute approximate surface area is 117 Å². The molecule has 2 aromatic carbocycles. The molecule has 0 saturated carbocycles. The lowest BCUT2D eigenvalue weighted by molar-refractivity contribution is -0.116. The molecule has 4 heteroatoms. The van der Waals surface area contributed by atoms with Crippen LogP contribution in [0, 0.1) is 0 Å². The van der Waals surface area contributed by atoms with E-state index >= 15 is 0 Å². The molecule has 20 heavy (non-hydrogen) atoms. The molecule has 1 amide bonds. The molecular formula is C16H16N2O2. The summed E-state index contributed by atoms with van der Waals surface area (Å²) in [5.74, 6) is 1.61. The van der Waals surface area contributed by atoms with Crippen LogP contribution < -0.4 is 15.8 Å². The molecule has 0 bridgehead atoms. The molecule has 0 fully saturated rings. The number of amides is 1. The molecule has 102 valence electrons. The molecule has 0 saturated heterocycles. The van der Waals surface area contributed by atoms with Crippen molar-refractivity contribution in [2.75, 3.05) is 5.32 Å². The van der Waals surface area contributed by atoms with Crippen LogP contribution in [0.25, 0.3) is 0 Å². The van der Waals surface area contributed by atoms with Crippen molar-refractivity contribution in [1.29, 1.82) is 0 Å². The summed E-state index contributed by atoms with van der Waals surface area (Å²) in [6.07, 6.45) is 1.27. The van der Waals surface area contributed by atoms with Crippen LogP contribution >= 0.6 is 0 Å². The standard InChI is InChI=1S/C16H16N2O2/c17-10-12-3-1-2-4-15(12)20-13-6-7-14-11(9-13)5-8-16(19)18-14/h1-4,6-7,9H,5,8,10,17H2,(H,18,19). The number of anilines is 1. The number of para-hydroxylation sites is 1. The van der Waals surface area contributed by atoms with E-state index < -0.39 is 0 Å². The third-order valence-corrected chi connectivity index (χ3v) is 3.39. The van der Waals surface area contributed by atoms with Gasteiger partial charge < -0.3 is 15.8 Å². The van der Waals surface area contributed by atoms with E-state index in [-0.39, 0.29) is 5.91 Å². The van der Waals surface area contributed by atoms with Crippen LogP contribution in [0.2, 0.25) is 0 Å². The van der Waals surface area contributed by atoms with Crippen molar-refractivity contribution < 1.29 is 9.53 Å². The van der Waals surface area contributed by atoms with Crippen molar-refractivity contribution in [3.05, 3.63) is 53.6 Å². The third kappa shape index (κ3) is 2.51. The average molecular weight is 268 g/mol. The molecule has 1 heterocycles. The van der Waals surface area contributed by atoms with Crippen LogP contribution in [0.4, 0.5) is 5.69 Å². The predicted molar refractivity (Wildman–Crippen MR) is 77.8 cm³/mol. The number of rotatable bonds is 3. The summed E-state index contributed by atoms with van der Waals surface area (Å²) in [6, 6.07) is 13.4. The van der Waals surface area contributed by atoms with Crippen LogP contribution in [-0.4, -0.2) is 5.91 Å². The summed E-state index contributed by atoms with van der Waals surface area (Å²) in [6.45, 7) is 0.442. The minimum absolute atomic E-state index is 0.0691. The number of benzene rings is 2. The number of carbonyl (C=O) groups excluding carboxylic acids is 1. The topological polar surface area (TPSA) is 64.3 Å². The van der Waals surface area contributed by atoms with Crippen LogP contribution in [0.5, 0.6) is 11.5 Å². The van der Waals surface area contributed by atoms with E-state index in [1.165, 1.54) is 0 Å². The van der Waals surface area contributed by atoms with Gasteiger partial charge in [-0.1, -0.05) is 18.2 Å². The van der Waals surface area contributed by atoms with Crippen molar-refractivity contribution in [3.8, 4) is 11.5 Å². The molecule has 1 aliphatic heterocycles. The zero-order valence-electron chi connectivity index (χ0n) is 11.1. The summed E-state index contributed by atoms with van der Waals surface area (Å²) in [5.41, 5.74) is 8.65. The molecule has 0 radical (unpaired) electrons. The lowest BCUT2D eigenvalue weighted by Gasteiger charge is -2.18. The number of hydrogen-bond acceptors (Lipinski definition) is 3. The molecule has 0 atom stereocenters. The maximum atomic E-state index is 11.3. The fourth-order valence-electron chi connectivity index (χ4n) is 2.32. The second-order valence-electron chi connectivity index (χ2n) is 4.78. The highest BCUT2D eigenvalue weighted by Crippen LogP contribution is 2.30. The first-order chi connectivity index (χ1) is 9.76. The monoisotopic (exact) mass is 268 g/mol. The second kappa shape index (κ2) is 5.35. The van der Waals surface area contributed by atoms with Gasteiger partial charge >= 0.3 is 0 Å². The van der Waals surface area contributed by atoms with Gasteiger partial charge in [-0.05, 0) is 36.2 Å². The van der Waals surface area contributed by atoms with Gasteiger partial charge in [0.1, 0.15) is 11.5 Å². The highest BCUT2D eigenvalue weighted by Gasteiger charge is 2.15. The molecule has 0 aromatic heterocycles. The Bertz CT molecular complexity index is 653. The Kier molecular flexibility index (Phi) is 3.39. The number of ether oxygens (including phenoxy) is 1. The maximum Gasteiger partial charge on any atom is 0.224 e. The highest BCUT2D eigenvalue weighted by molar-refractivity contribution is 5.94. The lowest BCUT2D eigenvalue weighted by Crippen LogP contribution is -2.18. The fourth-order valence-corrected chi connectivity index (χ4v) is 2.32. The van der Waals surface area contributed by atoms with Crippen LogP contribution in [0.1, 0.15) is 17.5 Å². The number of carbonyl (C=O) groups is 1. The van der Waals surface area contributed by atoms with E-state index in [0.717, 1.165) is 34.7 Å². The average Bonchev–Trinajstić information content (AvgIpc) is 2.48. The molecule has 3 N–H and O–H groups in total. The molecule has 0 aliphatic carbocycles. The number of nitrogens with one attached hydrogen (secondary N) is 1. The first-order valence-corrected chi connectivity index (χ1v) is 6.65. The van der Waals surface area contributed by atoms with E-state index in [9.17, 15) is 4.79 Å². The summed E-state index contributed by atoms with van der Waals surface area (Å²) < 4.78 is 5.90. The van der Waals surface area contributed by atoms with Crippen LogP contribution in [-0.2, 0) is 17.8 Å². The SMILES string of the molecule is NCc1ccccc1Oc1ccc2c(c1)CCC(=O)N2. The predicted octanol–water partition coefficient (Wildman–Crippen LogP) is 2.82. The zero-order valence-corrected chi connectivity index (χ0v) is 11.1. The van der Waals surface area contributed by atoms with Crippen molar-refractivity contribution in [2.24, 2.45) is 5.73 Å². The van der Waals surface area contributed by atoms with Gasteiger partial charge in [-0.15, -0.1) is 0 Å². The summed E-state index contributed by atoms with van der Waals surface area (Å²) in [7, 11) is 0. The quantitative estimate of drug-likeness (QED) is 0.899. The normalized spacial score (nSPS) is 13.6. The van der Waals surface area contributed by atoms with Crippen LogP contribution in [0.3, 0.4) is 0 Å². The smallest absolute Gasteiger partial charge is 0.224 e. The molecule has 0 spiro atoms. The molecule has 0 unspecified atom stereocenters. The molecular weight excluding hydrogens is 252 g/mol. The van der Waals surface area contributed by atoms with E-state index in [2.05, 4.69) is 5.32 Å². The molecule has 3 rings (SSSR count). The number of aryl methyl sites for hydroxylation is 1. The molecule has 4 nitrogen and oxygen atoms in total. The van der Waals surface area contributed by atoms with Gasteiger partial charge in [-0.3, -0.25) is 4.79 Å². The minimum Gasteiger partial charge on any atom is -0.457 e. The maximum absolute atomic E-state index is 11.3. The first-order valence-electron chi connectivity index (χ1n) is 6.65. The number of fused-ring (bicyclic) bond motifs is 1. The van der Waals surface area contributed by atoms with Gasteiger partial charge in [0.25, 0.3) is 0 Å². The van der Waals surface area contributed by atoms with Crippen LogP contribution in [0.15, 0.2) is 42.5 Å². The Morgan fingerprint density at radius 3 is 2.85 bits per heavy atom. The fraction of sp³-hybridized carbons (Fsp3) is 0.188. The van der Waals surface area contributed by atoms with Gasteiger partial charge in [0, 0.05) is 24.2 Å². The van der Waals surface area contributed by atoms with E-state index in [1.807, 2.05) is 42.5 Å². The molecule has 2 aromatic rings. The van der Waals surface area contributed by atoms with Gasteiger partial charge in [0.15, 0.2) is 0 Å². The minimum atomic E-state index is 0.0691. The van der Waals surface area contributed by atoms with Gasteiger partial charge in [-0.2, -0.15) is 0 Å². The van der Waals surface area contributed by atoms with Crippen molar-refractivity contribution >= 4 is 11.6 Å². The number of nitrogens with two attached hydrogens (primary N) is 1. The van der Waals surface area contributed by atoms with Gasteiger partial charge in [-0.25, -0.2) is 0 Å². The summed E-state index contributed by atoms with van der Waals surface area (Å²) >= 11 is 0. The van der Waals surface area contributed by atoms with Crippen molar-refractivity contribution in [3.63, 3.8) is 0 Å². The number of hydrogen-bond donors (Lipinski definition) is 2. The Morgan fingerprint density at radius 1 is 1.15 bits per heavy atom. The van der Waals surface area contributed by atoms with E-state index in [1.54, 1.807) is 0 Å². The Morgan fingerprint density at radius 2 is 2.00 bits per heavy atom. The van der Waals surface area contributed by atoms with Gasteiger partial charge in [0.05, 0.1) is 0 Å². The Hall–Kier alpha value is -2.33. The second-order valence-corrected chi connectivity index (χ2v) is 4.78. The Balaban J connectivity index is 1.87. The van der Waals surface area contributed by atoms with E-state index in [0.29, 0.717) is 13.0 Å². The highest BCUT2D eigenvalue weighted by atomic mass is 16.5. The zero-order chi connectivity index (χ0) is 13.9. The largest absolute Gasteiger partial charge is 0.457 e. The first kappa shape index (κ1) is 12.7.